The maximum absolute atomic E-state index is 10.2. The summed E-state index contributed by atoms with van der Waals surface area (Å²) >= 11 is 0. The number of hydrogen-bond acceptors (Lipinski definition) is 8. The quantitative estimate of drug-likeness (QED) is 0.296. The highest BCUT2D eigenvalue weighted by atomic mass is 16.5. The molecule has 0 unspecified atom stereocenters. The van der Waals surface area contributed by atoms with Crippen molar-refractivity contribution in [2.45, 2.75) is 40.0 Å². The summed E-state index contributed by atoms with van der Waals surface area (Å²) in [5.41, 5.74) is 0.749. The summed E-state index contributed by atoms with van der Waals surface area (Å²) in [5, 5.41) is 16.4. The second kappa shape index (κ2) is 26.8. The summed E-state index contributed by atoms with van der Waals surface area (Å²) < 4.78 is 13.0. The van der Waals surface area contributed by atoms with Gasteiger partial charge in [0.2, 0.25) is 0 Å². The number of carbonyl (C=O) groups is 4. The van der Waals surface area contributed by atoms with Crippen molar-refractivity contribution in [3.8, 4) is 0 Å². The highest BCUT2D eigenvalue weighted by Crippen LogP contribution is 2.03. The molecule has 0 spiro atoms. The molecule has 0 bridgehead atoms. The number of hydrogen-bond donors (Lipinski definition) is 2. The summed E-state index contributed by atoms with van der Waals surface area (Å²) in [6.45, 7) is 18.8. The number of aliphatic hydroxyl groups excluding tert-OH is 1. The third-order valence-electron chi connectivity index (χ3n) is 2.62. The Hall–Kier alpha value is -3.20. The number of aliphatic hydroxyl groups is 1. The lowest BCUT2D eigenvalue weighted by atomic mass is 10.1. The standard InChI is InChI=1S/C7H12O2.C5H8O3.2C5H8O2/c1-3-4-5-6(2)7(8)9;1-2-5(7)8-4-3-6;1-4(2)5(6)7-3;1-3-5(6)7-4-2/h2-5H2,1H3,(H,8,9);2,6H,1,3-4H2;1H2,2-3H3;3H,1,4H2,2H3. The van der Waals surface area contributed by atoms with Gasteiger partial charge in [-0.1, -0.05) is 39.7 Å². The van der Waals surface area contributed by atoms with Crippen LogP contribution in [0, 0.1) is 0 Å². The molecule has 0 aromatic rings. The van der Waals surface area contributed by atoms with Crippen LogP contribution in [-0.2, 0) is 33.4 Å². The number of rotatable bonds is 10. The summed E-state index contributed by atoms with van der Waals surface area (Å²) in [6.07, 6.45) is 4.75. The van der Waals surface area contributed by atoms with Crippen molar-refractivity contribution in [1.82, 2.24) is 0 Å². The Balaban J connectivity index is -0.000000158. The highest BCUT2D eigenvalue weighted by molar-refractivity contribution is 5.86. The minimum absolute atomic E-state index is 0.0465. The monoisotopic (exact) mass is 444 g/mol. The van der Waals surface area contributed by atoms with Crippen molar-refractivity contribution in [3.05, 3.63) is 49.6 Å². The van der Waals surface area contributed by atoms with Crippen LogP contribution in [0.2, 0.25) is 0 Å². The van der Waals surface area contributed by atoms with Crippen LogP contribution >= 0.6 is 0 Å². The molecule has 0 fully saturated rings. The minimum atomic E-state index is -0.872. The second-order valence-corrected chi connectivity index (χ2v) is 5.34. The molecule has 0 radical (unpaired) electrons. The Labute approximate surface area is 184 Å². The Morgan fingerprint density at radius 1 is 0.968 bits per heavy atom. The van der Waals surface area contributed by atoms with E-state index in [0.29, 0.717) is 24.2 Å². The molecule has 0 atom stereocenters. The van der Waals surface area contributed by atoms with Gasteiger partial charge >= 0.3 is 23.9 Å². The van der Waals surface area contributed by atoms with Crippen LogP contribution in [0.15, 0.2) is 49.6 Å². The van der Waals surface area contributed by atoms with Crippen molar-refractivity contribution >= 4 is 23.9 Å². The van der Waals surface area contributed by atoms with Crippen molar-refractivity contribution in [2.24, 2.45) is 0 Å². The number of methoxy groups -OCH3 is 1. The lowest BCUT2D eigenvalue weighted by Gasteiger charge is -1.95. The molecule has 9 heteroatoms. The van der Waals surface area contributed by atoms with E-state index >= 15 is 0 Å². The number of unbranched alkanes of at least 4 members (excludes halogenated alkanes) is 1. The number of carbonyl (C=O) groups excluding carboxylic acids is 3. The van der Waals surface area contributed by atoms with E-state index in [0.717, 1.165) is 25.0 Å². The predicted octanol–water partition coefficient (Wildman–Crippen LogP) is 3.00. The van der Waals surface area contributed by atoms with Crippen LogP contribution in [0.25, 0.3) is 0 Å². The Morgan fingerprint density at radius 2 is 1.45 bits per heavy atom. The van der Waals surface area contributed by atoms with Gasteiger partial charge in [-0.3, -0.25) is 0 Å². The molecule has 0 saturated heterocycles. The highest BCUT2D eigenvalue weighted by Gasteiger charge is 2.00. The van der Waals surface area contributed by atoms with Gasteiger partial charge in [-0.15, -0.1) is 0 Å². The van der Waals surface area contributed by atoms with Crippen LogP contribution < -0.4 is 0 Å². The third kappa shape index (κ3) is 34.7. The first-order chi connectivity index (χ1) is 14.5. The zero-order valence-electron chi connectivity index (χ0n) is 19.0. The van der Waals surface area contributed by atoms with E-state index in [-0.39, 0.29) is 25.2 Å². The first kappa shape index (κ1) is 35.3. The van der Waals surface area contributed by atoms with E-state index in [1.54, 1.807) is 13.8 Å². The number of carboxylic acid groups (broad SMARTS) is 1. The van der Waals surface area contributed by atoms with Crippen LogP contribution in [-0.4, -0.2) is 61.0 Å². The van der Waals surface area contributed by atoms with Gasteiger partial charge in [0.15, 0.2) is 0 Å². The van der Waals surface area contributed by atoms with E-state index in [1.807, 2.05) is 6.92 Å². The van der Waals surface area contributed by atoms with Gasteiger partial charge in [0.1, 0.15) is 6.61 Å². The van der Waals surface area contributed by atoms with Crippen molar-refractivity contribution in [3.63, 3.8) is 0 Å². The van der Waals surface area contributed by atoms with E-state index in [9.17, 15) is 19.2 Å². The number of ether oxygens (including phenoxy) is 3. The number of aliphatic carboxylic acids is 1. The van der Waals surface area contributed by atoms with Crippen LogP contribution in [0.4, 0.5) is 0 Å². The van der Waals surface area contributed by atoms with Crippen molar-refractivity contribution in [1.29, 1.82) is 0 Å². The molecule has 0 saturated carbocycles. The summed E-state index contributed by atoms with van der Waals surface area (Å²) in [6, 6.07) is 0. The third-order valence-corrected chi connectivity index (χ3v) is 2.62. The molecule has 31 heavy (non-hydrogen) atoms. The Kier molecular flexibility index (Phi) is 30.5. The zero-order valence-corrected chi connectivity index (χ0v) is 19.0. The maximum atomic E-state index is 10.2. The molecular formula is C22H36O9. The van der Waals surface area contributed by atoms with Gasteiger partial charge in [0.05, 0.1) is 20.3 Å². The molecule has 0 aromatic heterocycles. The molecule has 0 aromatic carbocycles. The summed E-state index contributed by atoms with van der Waals surface area (Å²) in [4.78, 5) is 40.5. The molecule has 0 aliphatic rings. The normalized spacial score (nSPS) is 8.16. The van der Waals surface area contributed by atoms with E-state index in [1.165, 1.54) is 7.11 Å². The fourth-order valence-corrected chi connectivity index (χ4v) is 1.08. The molecule has 9 nitrogen and oxygen atoms in total. The Bertz CT molecular complexity index is 576. The molecule has 0 heterocycles. The van der Waals surface area contributed by atoms with Gasteiger partial charge in [-0.25, -0.2) is 19.2 Å². The number of carboxylic acids is 1. The predicted molar refractivity (Wildman–Crippen MR) is 118 cm³/mol. The molecular weight excluding hydrogens is 408 g/mol. The molecule has 0 amide bonds. The zero-order chi connectivity index (χ0) is 25.2. The lowest BCUT2D eigenvalue weighted by Crippen LogP contribution is -2.04. The summed E-state index contributed by atoms with van der Waals surface area (Å²) in [7, 11) is 1.33. The average Bonchev–Trinajstić information content (AvgIpc) is 2.76. The van der Waals surface area contributed by atoms with Gasteiger partial charge < -0.3 is 24.4 Å². The average molecular weight is 445 g/mol. The maximum Gasteiger partial charge on any atom is 0.332 e. The molecule has 0 rings (SSSR count). The van der Waals surface area contributed by atoms with E-state index in [4.69, 9.17) is 10.2 Å². The first-order valence-electron chi connectivity index (χ1n) is 9.32. The number of esters is 3. The van der Waals surface area contributed by atoms with Crippen LogP contribution in [0.5, 0.6) is 0 Å². The summed E-state index contributed by atoms with van der Waals surface area (Å²) in [5.74, 6) is -2.08. The fraction of sp³-hybridized carbons (Fsp3) is 0.455. The van der Waals surface area contributed by atoms with Gasteiger partial charge in [0, 0.05) is 23.3 Å². The lowest BCUT2D eigenvalue weighted by molar-refractivity contribution is -0.139. The first-order valence-corrected chi connectivity index (χ1v) is 9.32. The van der Waals surface area contributed by atoms with E-state index in [2.05, 4.69) is 40.5 Å². The van der Waals surface area contributed by atoms with Gasteiger partial charge in [0.25, 0.3) is 0 Å². The second-order valence-electron chi connectivity index (χ2n) is 5.34. The van der Waals surface area contributed by atoms with Gasteiger partial charge in [-0.05, 0) is 26.7 Å². The topological polar surface area (TPSA) is 136 Å². The minimum Gasteiger partial charge on any atom is -0.478 e. The van der Waals surface area contributed by atoms with Crippen LogP contribution in [0.1, 0.15) is 40.0 Å². The molecule has 0 aliphatic carbocycles. The molecule has 2 N–H and O–H groups in total. The smallest absolute Gasteiger partial charge is 0.332 e. The van der Waals surface area contributed by atoms with Crippen molar-refractivity contribution in [2.75, 3.05) is 26.9 Å². The largest absolute Gasteiger partial charge is 0.478 e. The molecule has 178 valence electrons. The fourth-order valence-electron chi connectivity index (χ4n) is 1.08. The Morgan fingerprint density at radius 3 is 1.68 bits per heavy atom. The SMILES string of the molecule is C=C(C)C(=O)OC.C=C(CCCC)C(=O)O.C=CC(=O)OCC.C=CC(=O)OCCO. The molecule has 0 aliphatic heterocycles. The van der Waals surface area contributed by atoms with Crippen LogP contribution in [0.3, 0.4) is 0 Å². The van der Waals surface area contributed by atoms with E-state index < -0.39 is 11.9 Å². The van der Waals surface area contributed by atoms with Gasteiger partial charge in [-0.2, -0.15) is 0 Å². The van der Waals surface area contributed by atoms with Crippen molar-refractivity contribution < 1.29 is 43.6 Å².